The third-order valence-corrected chi connectivity index (χ3v) is 2.12. The highest BCUT2D eigenvalue weighted by Gasteiger charge is 2.05. The number of rotatable bonds is 4. The lowest BCUT2D eigenvalue weighted by atomic mass is 10.1. The molecule has 0 saturated carbocycles. The summed E-state index contributed by atoms with van der Waals surface area (Å²) in [5, 5.41) is 8.91. The Kier molecular flexibility index (Phi) is 3.92. The molecule has 0 fully saturated rings. The Morgan fingerprint density at radius 2 is 2.14 bits per heavy atom. The van der Waals surface area contributed by atoms with Gasteiger partial charge in [0.1, 0.15) is 5.75 Å². The number of nitrogens with zero attached hydrogens (tertiary/aromatic N) is 1. The zero-order valence-corrected chi connectivity index (χ0v) is 8.95. The first-order chi connectivity index (χ1) is 6.67. The number of aryl methyl sites for hydroxylation is 1. The predicted octanol–water partition coefficient (Wildman–Crippen LogP) is 1.39. The summed E-state index contributed by atoms with van der Waals surface area (Å²) in [4.78, 5) is 1.82. The van der Waals surface area contributed by atoms with Gasteiger partial charge in [-0.15, -0.1) is 0 Å². The minimum atomic E-state index is 0.0527. The van der Waals surface area contributed by atoms with Crippen LogP contribution in [0, 0.1) is 6.92 Å². The van der Waals surface area contributed by atoms with Gasteiger partial charge in [0.05, 0.1) is 13.8 Å². The molecule has 0 spiro atoms. The Bertz CT molecular complexity index is 299. The number of hydrogen-bond acceptors (Lipinski definition) is 3. The maximum Gasteiger partial charge on any atom is 0.123 e. The van der Waals surface area contributed by atoms with Crippen LogP contribution in [0.2, 0.25) is 0 Å². The Morgan fingerprint density at radius 3 is 2.71 bits per heavy atom. The van der Waals surface area contributed by atoms with E-state index in [4.69, 9.17) is 9.84 Å². The second-order valence-corrected chi connectivity index (χ2v) is 3.47. The summed E-state index contributed by atoms with van der Waals surface area (Å²) in [6, 6.07) is 6.04. The lowest BCUT2D eigenvalue weighted by Crippen LogP contribution is -2.18. The minimum absolute atomic E-state index is 0.0527. The van der Waals surface area contributed by atoms with Gasteiger partial charge in [0.2, 0.25) is 0 Å². The molecule has 3 heteroatoms. The standard InChI is InChI=1S/C11H17NO2/c1-9-4-5-11(14-3)10(6-9)7-12(2)8-13/h4-6,13H,7-8H2,1-3H3. The van der Waals surface area contributed by atoms with Gasteiger partial charge in [0.25, 0.3) is 0 Å². The molecule has 0 aliphatic heterocycles. The van der Waals surface area contributed by atoms with Crippen LogP contribution in [0.5, 0.6) is 5.75 Å². The third kappa shape index (κ3) is 2.72. The normalized spacial score (nSPS) is 10.6. The molecule has 0 heterocycles. The largest absolute Gasteiger partial charge is 0.496 e. The zero-order chi connectivity index (χ0) is 10.6. The van der Waals surface area contributed by atoms with Crippen molar-refractivity contribution in [2.45, 2.75) is 13.5 Å². The van der Waals surface area contributed by atoms with Crippen LogP contribution in [-0.4, -0.2) is 30.9 Å². The van der Waals surface area contributed by atoms with Crippen molar-refractivity contribution in [3.8, 4) is 5.75 Å². The number of aliphatic hydroxyl groups excluding tert-OH is 1. The van der Waals surface area contributed by atoms with Gasteiger partial charge >= 0.3 is 0 Å². The third-order valence-electron chi connectivity index (χ3n) is 2.12. The van der Waals surface area contributed by atoms with Gasteiger partial charge in [-0.05, 0) is 20.0 Å². The zero-order valence-electron chi connectivity index (χ0n) is 8.95. The second-order valence-electron chi connectivity index (χ2n) is 3.47. The van der Waals surface area contributed by atoms with E-state index in [1.165, 1.54) is 5.56 Å². The highest BCUT2D eigenvalue weighted by Crippen LogP contribution is 2.20. The maximum absolute atomic E-state index is 8.91. The van der Waals surface area contributed by atoms with Crippen LogP contribution >= 0.6 is 0 Å². The van der Waals surface area contributed by atoms with Crippen molar-refractivity contribution in [2.24, 2.45) is 0 Å². The fraction of sp³-hybridized carbons (Fsp3) is 0.455. The highest BCUT2D eigenvalue weighted by atomic mass is 16.5. The van der Waals surface area contributed by atoms with Crippen LogP contribution < -0.4 is 4.74 Å². The van der Waals surface area contributed by atoms with Gasteiger partial charge in [-0.3, -0.25) is 4.90 Å². The Labute approximate surface area is 84.9 Å². The molecule has 78 valence electrons. The predicted molar refractivity (Wildman–Crippen MR) is 56.3 cm³/mol. The summed E-state index contributed by atoms with van der Waals surface area (Å²) in [5.41, 5.74) is 2.30. The summed E-state index contributed by atoms with van der Waals surface area (Å²) < 4.78 is 5.24. The summed E-state index contributed by atoms with van der Waals surface area (Å²) in [5.74, 6) is 0.871. The van der Waals surface area contributed by atoms with Crippen molar-refractivity contribution in [1.29, 1.82) is 0 Å². The minimum Gasteiger partial charge on any atom is -0.496 e. The van der Waals surface area contributed by atoms with Crippen LogP contribution in [-0.2, 0) is 6.54 Å². The first-order valence-electron chi connectivity index (χ1n) is 4.60. The number of methoxy groups -OCH3 is 1. The van der Waals surface area contributed by atoms with Crippen LogP contribution in [0.3, 0.4) is 0 Å². The van der Waals surface area contributed by atoms with Gasteiger partial charge in [0, 0.05) is 12.1 Å². The van der Waals surface area contributed by atoms with Crippen molar-refractivity contribution in [1.82, 2.24) is 4.90 Å². The van der Waals surface area contributed by atoms with E-state index in [2.05, 4.69) is 6.07 Å². The molecule has 0 aromatic heterocycles. The van der Waals surface area contributed by atoms with E-state index in [0.29, 0.717) is 6.54 Å². The molecule has 0 atom stereocenters. The molecule has 1 N–H and O–H groups in total. The summed E-state index contributed by atoms with van der Waals surface area (Å²) in [7, 11) is 3.52. The number of ether oxygens (including phenoxy) is 1. The lowest BCUT2D eigenvalue weighted by molar-refractivity contribution is 0.126. The van der Waals surface area contributed by atoms with E-state index in [1.54, 1.807) is 7.11 Å². The fourth-order valence-corrected chi connectivity index (χ4v) is 1.37. The van der Waals surface area contributed by atoms with E-state index in [-0.39, 0.29) is 6.73 Å². The molecule has 14 heavy (non-hydrogen) atoms. The Hall–Kier alpha value is -1.06. The van der Waals surface area contributed by atoms with Gasteiger partial charge in [-0.1, -0.05) is 17.7 Å². The fourth-order valence-electron chi connectivity index (χ4n) is 1.37. The molecule has 1 aromatic carbocycles. The second kappa shape index (κ2) is 4.98. The van der Waals surface area contributed by atoms with Crippen LogP contribution in [0.15, 0.2) is 18.2 Å². The molecular weight excluding hydrogens is 178 g/mol. The number of benzene rings is 1. The van der Waals surface area contributed by atoms with E-state index in [9.17, 15) is 0 Å². The molecule has 0 bridgehead atoms. The van der Waals surface area contributed by atoms with Crippen molar-refractivity contribution in [2.75, 3.05) is 20.9 Å². The molecule has 1 rings (SSSR count). The van der Waals surface area contributed by atoms with Crippen molar-refractivity contribution >= 4 is 0 Å². The van der Waals surface area contributed by atoms with Crippen molar-refractivity contribution in [3.05, 3.63) is 29.3 Å². The lowest BCUT2D eigenvalue weighted by Gasteiger charge is -2.15. The molecule has 0 aliphatic carbocycles. The summed E-state index contributed by atoms with van der Waals surface area (Å²) >= 11 is 0. The smallest absolute Gasteiger partial charge is 0.123 e. The molecular formula is C11H17NO2. The Morgan fingerprint density at radius 1 is 1.43 bits per heavy atom. The topological polar surface area (TPSA) is 32.7 Å². The molecule has 0 aliphatic rings. The average molecular weight is 195 g/mol. The molecule has 0 saturated heterocycles. The molecule has 0 amide bonds. The van der Waals surface area contributed by atoms with Crippen molar-refractivity contribution < 1.29 is 9.84 Å². The first-order valence-corrected chi connectivity index (χ1v) is 4.60. The number of hydrogen-bond donors (Lipinski definition) is 1. The van der Waals surface area contributed by atoms with Crippen LogP contribution in [0.4, 0.5) is 0 Å². The molecule has 1 aromatic rings. The van der Waals surface area contributed by atoms with Gasteiger partial charge in [-0.25, -0.2) is 0 Å². The average Bonchev–Trinajstić information content (AvgIpc) is 2.18. The first kappa shape index (κ1) is 11.0. The van der Waals surface area contributed by atoms with Crippen LogP contribution in [0.25, 0.3) is 0 Å². The Balaban J connectivity index is 2.87. The highest BCUT2D eigenvalue weighted by molar-refractivity contribution is 5.36. The van der Waals surface area contributed by atoms with Gasteiger partial charge < -0.3 is 9.84 Å². The summed E-state index contributed by atoms with van der Waals surface area (Å²) in [6.07, 6.45) is 0. The maximum atomic E-state index is 8.91. The monoisotopic (exact) mass is 195 g/mol. The molecule has 0 unspecified atom stereocenters. The van der Waals surface area contributed by atoms with E-state index < -0.39 is 0 Å². The van der Waals surface area contributed by atoms with Gasteiger partial charge in [0.15, 0.2) is 0 Å². The van der Waals surface area contributed by atoms with Crippen LogP contribution in [0.1, 0.15) is 11.1 Å². The SMILES string of the molecule is COc1ccc(C)cc1CN(C)CO. The van der Waals surface area contributed by atoms with Gasteiger partial charge in [-0.2, -0.15) is 0 Å². The van der Waals surface area contributed by atoms with E-state index in [1.807, 2.05) is 31.0 Å². The van der Waals surface area contributed by atoms with Crippen molar-refractivity contribution in [3.63, 3.8) is 0 Å². The quantitative estimate of drug-likeness (QED) is 0.737. The molecule has 0 radical (unpaired) electrons. The van der Waals surface area contributed by atoms with E-state index >= 15 is 0 Å². The summed E-state index contributed by atoms with van der Waals surface area (Å²) in [6.45, 7) is 2.79. The molecule has 3 nitrogen and oxygen atoms in total. The van der Waals surface area contributed by atoms with E-state index in [0.717, 1.165) is 11.3 Å². The number of aliphatic hydroxyl groups is 1.